The van der Waals surface area contributed by atoms with Crippen LogP contribution in [0.1, 0.15) is 0 Å². The van der Waals surface area contributed by atoms with Crippen LogP contribution in [0.15, 0.2) is 0 Å². The first kappa shape index (κ1) is 34.9. The maximum Gasteiger partial charge on any atom is 1.00 e. The second kappa shape index (κ2) is 9.32. The van der Waals surface area contributed by atoms with Crippen LogP contribution in [-0.4, -0.2) is 78.0 Å². The number of hydrogen-bond donors (Lipinski definition) is 0. The van der Waals surface area contributed by atoms with E-state index in [1.807, 2.05) is 0 Å². The summed E-state index contributed by atoms with van der Waals surface area (Å²) >= 11 is 0. The molecule has 4 nitrogen and oxygen atoms in total. The van der Waals surface area contributed by atoms with E-state index < -0.39 is 71.0 Å². The Bertz CT molecular complexity index is 778. The zero-order chi connectivity index (χ0) is 27.4. The molecule has 0 unspecified atom stereocenters. The van der Waals surface area contributed by atoms with Crippen LogP contribution < -0.4 is 34.7 Å². The van der Waals surface area contributed by atoms with Crippen molar-refractivity contribution in [3.05, 3.63) is 0 Å². The van der Waals surface area contributed by atoms with Crippen molar-refractivity contribution in [1.29, 1.82) is 0 Å². The van der Waals surface area contributed by atoms with Gasteiger partial charge in [-0.25, -0.2) is 0 Å². The fourth-order valence-electron chi connectivity index (χ4n) is 1.80. The number of carboxylic acid groups (broad SMARTS) is 1. The molecule has 0 radical (unpaired) electrons. The van der Waals surface area contributed by atoms with Gasteiger partial charge in [-0.15, -0.1) is 0 Å². The molecule has 0 atom stereocenters. The number of nitrogens with zero attached hydrogens (tertiary/aromatic N) is 1. The van der Waals surface area contributed by atoms with E-state index in [0.717, 1.165) is 0 Å². The third-order valence-corrected chi connectivity index (χ3v) is 3.70. The molecule has 0 aliphatic heterocycles. The van der Waals surface area contributed by atoms with Gasteiger partial charge in [-0.1, -0.05) is 0 Å². The predicted molar refractivity (Wildman–Crippen MR) is 63.3 cm³/mol. The first-order chi connectivity index (χ1) is 14.0. The van der Waals surface area contributed by atoms with Crippen LogP contribution in [0.25, 0.3) is 0 Å². The summed E-state index contributed by atoms with van der Waals surface area (Å²) in [5.74, 6) is -65.2. The summed E-state index contributed by atoms with van der Waals surface area (Å²) in [5.41, 5.74) is 0. The number of hydrogen-bond acceptors (Lipinski definition) is 3. The van der Waals surface area contributed by atoms with Gasteiger partial charge in [0.25, 0.3) is 5.91 Å². The second-order valence-corrected chi connectivity index (χ2v) is 6.05. The van der Waals surface area contributed by atoms with E-state index in [9.17, 15) is 89.3 Å². The van der Waals surface area contributed by atoms with Gasteiger partial charge >= 0.3 is 77.2 Å². The third kappa shape index (κ3) is 4.74. The van der Waals surface area contributed by atoms with Crippen LogP contribution >= 0.6 is 0 Å². The Balaban J connectivity index is 0. The van der Waals surface area contributed by atoms with Gasteiger partial charge in [-0.05, 0) is 0 Å². The number of carbonyl (C=O) groups excluding carboxylic acids is 2. The molecule has 34 heavy (non-hydrogen) atoms. The summed E-state index contributed by atoms with van der Waals surface area (Å²) in [6.45, 7) is -2.14. The number of aliphatic carboxylic acids is 1. The number of amides is 1. The van der Waals surface area contributed by atoms with Crippen LogP contribution in [0.4, 0.5) is 74.6 Å². The molecule has 0 aliphatic carbocycles. The van der Waals surface area contributed by atoms with Crippen molar-refractivity contribution in [3.63, 3.8) is 0 Å². The SMILES string of the molecule is CN(CC(=O)[O-])C(=O)C(F)(F)C(F)(F)C(F)(F)C(F)(F)C(F)(F)C(F)(F)C(F)(F)C(F)(F)F.[Na+]. The van der Waals surface area contributed by atoms with Gasteiger partial charge in [-0.3, -0.25) is 4.79 Å². The molecule has 0 saturated heterocycles. The van der Waals surface area contributed by atoms with Crippen molar-refractivity contribution in [1.82, 2.24) is 4.90 Å². The van der Waals surface area contributed by atoms with Crippen molar-refractivity contribution in [2.45, 2.75) is 47.6 Å². The molecule has 0 aromatic carbocycles. The Morgan fingerprint density at radius 1 is 0.588 bits per heavy atom. The third-order valence-electron chi connectivity index (χ3n) is 3.70. The Labute approximate surface area is 197 Å². The Hall–Kier alpha value is -1.25. The number of halogens is 17. The normalized spacial score (nSPS) is 15.0. The minimum Gasteiger partial charge on any atom is -0.548 e. The summed E-state index contributed by atoms with van der Waals surface area (Å²) in [4.78, 5) is 20.1. The molecular weight excluding hydrogens is 552 g/mol. The standard InChI is InChI=1S/C12H6F17NO3.Na/c1-30(2-3(31)32)4(33)5(13,14)6(15,16)7(17,18)8(19,20)9(21,22)10(23,24)11(25,26)12(27,28)29;/h2H2,1H3,(H,31,32);/q;+1/p-1. The van der Waals surface area contributed by atoms with E-state index in [1.54, 1.807) is 0 Å². The molecule has 22 heteroatoms. The molecule has 196 valence electrons. The molecule has 0 N–H and O–H groups in total. The average molecular weight is 557 g/mol. The van der Waals surface area contributed by atoms with Gasteiger partial charge in [0.15, 0.2) is 0 Å². The fourth-order valence-corrected chi connectivity index (χ4v) is 1.80. The molecule has 0 aliphatic rings. The van der Waals surface area contributed by atoms with Crippen molar-refractivity contribution in [2.24, 2.45) is 0 Å². The molecule has 0 spiro atoms. The van der Waals surface area contributed by atoms with Crippen LogP contribution in [0.5, 0.6) is 0 Å². The number of rotatable bonds is 9. The summed E-state index contributed by atoms with van der Waals surface area (Å²) < 4.78 is 221. The summed E-state index contributed by atoms with van der Waals surface area (Å²) in [7, 11) is -0.189. The molecule has 0 heterocycles. The van der Waals surface area contributed by atoms with Crippen LogP contribution in [0.3, 0.4) is 0 Å². The predicted octanol–water partition coefficient (Wildman–Crippen LogP) is 0.208. The van der Waals surface area contributed by atoms with Crippen molar-refractivity contribution in [3.8, 4) is 0 Å². The fraction of sp³-hybridized carbons (Fsp3) is 0.833. The Morgan fingerprint density at radius 3 is 1.12 bits per heavy atom. The van der Waals surface area contributed by atoms with E-state index in [4.69, 9.17) is 0 Å². The quantitative estimate of drug-likeness (QED) is 0.301. The van der Waals surface area contributed by atoms with E-state index in [2.05, 4.69) is 0 Å². The largest absolute Gasteiger partial charge is 1.00 e. The first-order valence-corrected chi connectivity index (χ1v) is 7.17. The van der Waals surface area contributed by atoms with Crippen LogP contribution in [-0.2, 0) is 9.59 Å². The molecule has 0 saturated carbocycles. The molecule has 0 bridgehead atoms. The molecule has 0 aromatic heterocycles. The van der Waals surface area contributed by atoms with Gasteiger partial charge in [0, 0.05) is 7.05 Å². The number of carbonyl (C=O) groups is 2. The Morgan fingerprint density at radius 2 is 0.853 bits per heavy atom. The topological polar surface area (TPSA) is 60.4 Å². The zero-order valence-corrected chi connectivity index (χ0v) is 17.8. The molecule has 0 rings (SSSR count). The van der Waals surface area contributed by atoms with Gasteiger partial charge in [0.1, 0.15) is 0 Å². The maximum atomic E-state index is 13.5. The number of likely N-dealkylation sites (N-methyl/N-ethyl adjacent to an activating group) is 1. The smallest absolute Gasteiger partial charge is 0.548 e. The minimum absolute atomic E-state index is 0. The van der Waals surface area contributed by atoms with Gasteiger partial charge in [0.05, 0.1) is 12.5 Å². The van der Waals surface area contributed by atoms with Crippen molar-refractivity contribution >= 4 is 11.9 Å². The average Bonchev–Trinajstić information content (AvgIpc) is 2.58. The van der Waals surface area contributed by atoms with Gasteiger partial charge in [0.2, 0.25) is 0 Å². The molecule has 0 fully saturated rings. The number of carboxylic acids is 1. The van der Waals surface area contributed by atoms with E-state index >= 15 is 0 Å². The van der Waals surface area contributed by atoms with E-state index in [1.165, 1.54) is 0 Å². The maximum absolute atomic E-state index is 13.5. The summed E-state index contributed by atoms with van der Waals surface area (Å²) in [5, 5.41) is 10.1. The van der Waals surface area contributed by atoms with Gasteiger partial charge < -0.3 is 14.8 Å². The van der Waals surface area contributed by atoms with Crippen LogP contribution in [0, 0.1) is 0 Å². The zero-order valence-electron chi connectivity index (χ0n) is 15.8. The van der Waals surface area contributed by atoms with Crippen molar-refractivity contribution < 1.29 is 119 Å². The van der Waals surface area contributed by atoms with Gasteiger partial charge in [-0.2, -0.15) is 74.6 Å². The Kier molecular flexibility index (Phi) is 9.57. The molecular formula is C12H5F17NNaO3. The monoisotopic (exact) mass is 557 g/mol. The van der Waals surface area contributed by atoms with E-state index in [-0.39, 0.29) is 36.6 Å². The minimum atomic E-state index is -8.82. The van der Waals surface area contributed by atoms with Crippen LogP contribution in [0.2, 0.25) is 0 Å². The van der Waals surface area contributed by atoms with Crippen molar-refractivity contribution in [2.75, 3.05) is 13.6 Å². The number of alkyl halides is 17. The summed E-state index contributed by atoms with van der Waals surface area (Å²) in [6, 6.07) is 0. The molecule has 1 amide bonds. The first-order valence-electron chi connectivity index (χ1n) is 7.17. The molecule has 0 aromatic rings. The summed E-state index contributed by atoms with van der Waals surface area (Å²) in [6.07, 6.45) is -7.87. The second-order valence-electron chi connectivity index (χ2n) is 6.05. The van der Waals surface area contributed by atoms with E-state index in [0.29, 0.717) is 0 Å².